The van der Waals surface area contributed by atoms with Crippen LogP contribution in [0.1, 0.15) is 23.8 Å². The zero-order valence-electron chi connectivity index (χ0n) is 13.4. The monoisotopic (exact) mass is 350 g/mol. The first kappa shape index (κ1) is 16.5. The molecule has 0 unspecified atom stereocenters. The molecule has 2 heterocycles. The maximum absolute atomic E-state index is 12.4. The molecule has 1 aromatic carbocycles. The Morgan fingerprint density at radius 2 is 2.12 bits per heavy atom. The molecule has 128 valence electrons. The van der Waals surface area contributed by atoms with E-state index in [0.29, 0.717) is 23.5 Å². The number of benzene rings is 1. The van der Waals surface area contributed by atoms with E-state index in [2.05, 4.69) is 10.5 Å². The Morgan fingerprint density at radius 1 is 1.38 bits per heavy atom. The molecule has 1 aromatic heterocycles. The minimum atomic E-state index is -3.10. The van der Waals surface area contributed by atoms with E-state index in [-0.39, 0.29) is 17.2 Å². The van der Waals surface area contributed by atoms with E-state index in [4.69, 9.17) is 9.26 Å². The predicted molar refractivity (Wildman–Crippen MR) is 87.6 cm³/mol. The second kappa shape index (κ2) is 5.94. The molecule has 0 saturated carbocycles. The van der Waals surface area contributed by atoms with Crippen molar-refractivity contribution < 1.29 is 22.5 Å². The summed E-state index contributed by atoms with van der Waals surface area (Å²) < 4.78 is 33.8. The highest BCUT2D eigenvalue weighted by atomic mass is 32.2. The highest BCUT2D eigenvalue weighted by Gasteiger charge is 2.40. The summed E-state index contributed by atoms with van der Waals surface area (Å²) in [5, 5.41) is 6.53. The lowest BCUT2D eigenvalue weighted by Crippen LogP contribution is -2.47. The maximum atomic E-state index is 12.4. The predicted octanol–water partition coefficient (Wildman–Crippen LogP) is 1.66. The number of para-hydroxylation sites is 1. The van der Waals surface area contributed by atoms with Crippen LogP contribution in [0, 0.1) is 0 Å². The molecule has 7 nitrogen and oxygen atoms in total. The summed E-state index contributed by atoms with van der Waals surface area (Å²) in [7, 11) is -1.56. The van der Waals surface area contributed by atoms with E-state index in [0.717, 1.165) is 0 Å². The van der Waals surface area contributed by atoms with Gasteiger partial charge in [-0.15, -0.1) is 0 Å². The van der Waals surface area contributed by atoms with E-state index >= 15 is 0 Å². The summed E-state index contributed by atoms with van der Waals surface area (Å²) in [5.41, 5.74) is 0.00191. The van der Waals surface area contributed by atoms with Crippen molar-refractivity contribution in [2.45, 2.75) is 18.9 Å². The Bertz CT molecular complexity index is 874. The van der Waals surface area contributed by atoms with Gasteiger partial charge in [0.25, 0.3) is 5.91 Å². The van der Waals surface area contributed by atoms with Crippen molar-refractivity contribution in [3.05, 3.63) is 36.0 Å². The molecule has 24 heavy (non-hydrogen) atoms. The number of carbonyl (C=O) groups excluding carboxylic acids is 1. The molecule has 0 spiro atoms. The lowest BCUT2D eigenvalue weighted by molar-refractivity contribution is 0.0906. The van der Waals surface area contributed by atoms with Gasteiger partial charge in [0.05, 0.1) is 29.7 Å². The van der Waals surface area contributed by atoms with Crippen LogP contribution in [0.2, 0.25) is 0 Å². The van der Waals surface area contributed by atoms with Gasteiger partial charge in [0.15, 0.2) is 21.3 Å². The van der Waals surface area contributed by atoms with Crippen LogP contribution in [0.25, 0.3) is 11.3 Å². The first-order valence-electron chi connectivity index (χ1n) is 7.45. The number of ether oxygens (including phenoxy) is 1. The van der Waals surface area contributed by atoms with Crippen LogP contribution in [0.4, 0.5) is 0 Å². The molecule has 1 saturated heterocycles. The van der Waals surface area contributed by atoms with Crippen LogP contribution in [0.5, 0.6) is 5.75 Å². The van der Waals surface area contributed by atoms with E-state index in [9.17, 15) is 13.2 Å². The molecule has 1 fully saturated rings. The average molecular weight is 350 g/mol. The first-order chi connectivity index (χ1) is 11.3. The maximum Gasteiger partial charge on any atom is 0.273 e. The van der Waals surface area contributed by atoms with Crippen molar-refractivity contribution in [1.29, 1.82) is 0 Å². The Kier molecular flexibility index (Phi) is 4.08. The number of nitrogens with one attached hydrogen (secondary N) is 1. The Balaban J connectivity index is 1.80. The van der Waals surface area contributed by atoms with Gasteiger partial charge in [-0.05, 0) is 25.5 Å². The Morgan fingerprint density at radius 3 is 2.79 bits per heavy atom. The summed E-state index contributed by atoms with van der Waals surface area (Å²) >= 11 is 0. The molecule has 3 rings (SSSR count). The number of hydrogen-bond acceptors (Lipinski definition) is 6. The average Bonchev–Trinajstić information content (AvgIpc) is 3.12. The molecule has 1 N–H and O–H groups in total. The highest BCUT2D eigenvalue weighted by Crippen LogP contribution is 2.30. The zero-order valence-corrected chi connectivity index (χ0v) is 14.2. The Hall–Kier alpha value is -2.35. The van der Waals surface area contributed by atoms with Crippen LogP contribution in [-0.4, -0.2) is 43.6 Å². The number of aromatic nitrogens is 1. The van der Waals surface area contributed by atoms with E-state index < -0.39 is 21.3 Å². The zero-order chi connectivity index (χ0) is 17.4. The summed E-state index contributed by atoms with van der Waals surface area (Å²) in [4.78, 5) is 12.4. The third-order valence-electron chi connectivity index (χ3n) is 4.03. The SMILES string of the molecule is COc1ccccc1-c1cc(C(=O)N[C@@]2(C)CCS(=O)(=O)C2)no1. The molecule has 0 bridgehead atoms. The molecule has 0 radical (unpaired) electrons. The van der Waals surface area contributed by atoms with Gasteiger partial charge in [0.2, 0.25) is 0 Å². The number of methoxy groups -OCH3 is 1. The van der Waals surface area contributed by atoms with Crippen LogP contribution < -0.4 is 10.1 Å². The second-order valence-corrected chi connectivity index (χ2v) is 8.32. The van der Waals surface area contributed by atoms with Crippen molar-refractivity contribution in [3.8, 4) is 17.1 Å². The molecule has 1 aliphatic rings. The minimum absolute atomic E-state index is 0.0665. The third-order valence-corrected chi connectivity index (χ3v) is 5.94. The van der Waals surface area contributed by atoms with Gasteiger partial charge in [-0.1, -0.05) is 17.3 Å². The van der Waals surface area contributed by atoms with Crippen molar-refractivity contribution in [2.75, 3.05) is 18.6 Å². The molecule has 1 amide bonds. The fraction of sp³-hybridized carbons (Fsp3) is 0.375. The summed E-state index contributed by atoms with van der Waals surface area (Å²) in [6.45, 7) is 1.72. The number of carbonyl (C=O) groups is 1. The molecule has 2 aromatic rings. The topological polar surface area (TPSA) is 98.5 Å². The summed E-state index contributed by atoms with van der Waals surface area (Å²) in [6, 6.07) is 8.74. The van der Waals surface area contributed by atoms with Crippen LogP contribution in [0.3, 0.4) is 0 Å². The Labute approximate surface area is 139 Å². The van der Waals surface area contributed by atoms with Crippen molar-refractivity contribution >= 4 is 15.7 Å². The van der Waals surface area contributed by atoms with Crippen LogP contribution in [-0.2, 0) is 9.84 Å². The molecular weight excluding hydrogens is 332 g/mol. The lowest BCUT2D eigenvalue weighted by atomic mass is 10.0. The highest BCUT2D eigenvalue weighted by molar-refractivity contribution is 7.91. The summed E-state index contributed by atoms with van der Waals surface area (Å²) in [5.74, 6) is 0.564. The number of hydrogen-bond donors (Lipinski definition) is 1. The van der Waals surface area contributed by atoms with Crippen molar-refractivity contribution in [1.82, 2.24) is 10.5 Å². The molecular formula is C16H18N2O5S. The standard InChI is InChI=1S/C16H18N2O5S/c1-16(7-8-24(20,21)10-16)17-15(19)12-9-14(23-18-12)11-5-3-4-6-13(11)22-2/h3-6,9H,7-8,10H2,1-2H3,(H,17,19)/t16-/m0/s1. The van der Waals surface area contributed by atoms with Gasteiger partial charge >= 0.3 is 0 Å². The van der Waals surface area contributed by atoms with Gasteiger partial charge in [0, 0.05) is 6.07 Å². The van der Waals surface area contributed by atoms with Crippen molar-refractivity contribution in [2.24, 2.45) is 0 Å². The van der Waals surface area contributed by atoms with E-state index in [1.165, 1.54) is 6.07 Å². The van der Waals surface area contributed by atoms with Crippen LogP contribution >= 0.6 is 0 Å². The van der Waals surface area contributed by atoms with Gasteiger partial charge in [-0.25, -0.2) is 8.42 Å². The lowest BCUT2D eigenvalue weighted by Gasteiger charge is -2.22. The second-order valence-electron chi connectivity index (χ2n) is 6.13. The van der Waals surface area contributed by atoms with Crippen molar-refractivity contribution in [3.63, 3.8) is 0 Å². The smallest absolute Gasteiger partial charge is 0.273 e. The molecule has 8 heteroatoms. The summed E-state index contributed by atoms with van der Waals surface area (Å²) in [6.07, 6.45) is 0.387. The normalized spacial score (nSPS) is 22.2. The fourth-order valence-electron chi connectivity index (χ4n) is 2.80. The van der Waals surface area contributed by atoms with Gasteiger partial charge in [-0.3, -0.25) is 4.79 Å². The van der Waals surface area contributed by atoms with Gasteiger partial charge in [0.1, 0.15) is 5.75 Å². The first-order valence-corrected chi connectivity index (χ1v) is 9.27. The van der Waals surface area contributed by atoms with E-state index in [1.54, 1.807) is 26.2 Å². The van der Waals surface area contributed by atoms with Gasteiger partial charge in [-0.2, -0.15) is 0 Å². The fourth-order valence-corrected chi connectivity index (χ4v) is 4.90. The molecule has 0 aliphatic carbocycles. The number of nitrogens with zero attached hydrogens (tertiary/aromatic N) is 1. The van der Waals surface area contributed by atoms with E-state index in [1.807, 2.05) is 12.1 Å². The van der Waals surface area contributed by atoms with Gasteiger partial charge < -0.3 is 14.6 Å². The molecule has 1 aliphatic heterocycles. The third kappa shape index (κ3) is 3.28. The van der Waals surface area contributed by atoms with Crippen LogP contribution in [0.15, 0.2) is 34.9 Å². The molecule has 1 atom stereocenters. The number of amides is 1. The quantitative estimate of drug-likeness (QED) is 0.900. The minimum Gasteiger partial charge on any atom is -0.496 e. The number of rotatable bonds is 4. The largest absolute Gasteiger partial charge is 0.496 e. The number of sulfone groups is 1.